The van der Waals surface area contributed by atoms with Gasteiger partial charge in [0, 0.05) is 4.47 Å². The fourth-order valence-electron chi connectivity index (χ4n) is 2.19. The third kappa shape index (κ3) is 3.97. The van der Waals surface area contributed by atoms with Crippen LogP contribution in [0.1, 0.15) is 0 Å². The highest BCUT2D eigenvalue weighted by Crippen LogP contribution is 2.32. The highest BCUT2D eigenvalue weighted by molar-refractivity contribution is 9.10. The SMILES string of the molecule is Brc1ccc(P(c2ccccc2)c2ccccc2)cc1.S. The van der Waals surface area contributed by atoms with Crippen LogP contribution in [-0.4, -0.2) is 0 Å². The summed E-state index contributed by atoms with van der Waals surface area (Å²) in [5.41, 5.74) is 0. The van der Waals surface area contributed by atoms with Gasteiger partial charge in [0.2, 0.25) is 0 Å². The van der Waals surface area contributed by atoms with E-state index in [-0.39, 0.29) is 13.5 Å². The zero-order valence-corrected chi connectivity index (χ0v) is 14.9. The molecule has 0 aliphatic heterocycles. The molecular formula is C18H16BrPS. The summed E-state index contributed by atoms with van der Waals surface area (Å²) in [6.45, 7) is 0. The van der Waals surface area contributed by atoms with Gasteiger partial charge in [0.15, 0.2) is 0 Å². The maximum absolute atomic E-state index is 3.51. The van der Waals surface area contributed by atoms with E-state index in [9.17, 15) is 0 Å². The lowest BCUT2D eigenvalue weighted by atomic mass is 10.4. The van der Waals surface area contributed by atoms with Crippen molar-refractivity contribution in [2.75, 3.05) is 0 Å². The Morgan fingerprint density at radius 1 is 0.524 bits per heavy atom. The van der Waals surface area contributed by atoms with E-state index in [1.165, 1.54) is 15.9 Å². The van der Waals surface area contributed by atoms with Gasteiger partial charge in [-0.3, -0.25) is 0 Å². The Kier molecular flexibility index (Phi) is 6.05. The third-order valence-electron chi connectivity index (χ3n) is 3.11. The molecule has 0 saturated heterocycles. The lowest BCUT2D eigenvalue weighted by Gasteiger charge is -2.19. The summed E-state index contributed by atoms with van der Waals surface area (Å²) >= 11 is 3.51. The molecule has 0 unspecified atom stereocenters. The van der Waals surface area contributed by atoms with Crippen molar-refractivity contribution in [2.45, 2.75) is 0 Å². The van der Waals surface area contributed by atoms with Gasteiger partial charge in [-0.05, 0) is 36.0 Å². The molecule has 0 atom stereocenters. The molecule has 0 N–H and O–H groups in total. The van der Waals surface area contributed by atoms with Crippen LogP contribution in [0.15, 0.2) is 89.4 Å². The Labute approximate surface area is 142 Å². The van der Waals surface area contributed by atoms with Crippen LogP contribution >= 0.6 is 37.3 Å². The maximum atomic E-state index is 3.51. The summed E-state index contributed by atoms with van der Waals surface area (Å²) in [7, 11) is -0.479. The zero-order chi connectivity index (χ0) is 13.8. The van der Waals surface area contributed by atoms with Gasteiger partial charge in [-0.25, -0.2) is 0 Å². The van der Waals surface area contributed by atoms with Crippen molar-refractivity contribution in [1.82, 2.24) is 0 Å². The maximum Gasteiger partial charge on any atom is 0.0175 e. The second kappa shape index (κ2) is 7.79. The van der Waals surface area contributed by atoms with Crippen LogP contribution in [0, 0.1) is 0 Å². The molecule has 0 nitrogen and oxygen atoms in total. The van der Waals surface area contributed by atoms with Crippen molar-refractivity contribution in [3.05, 3.63) is 89.4 Å². The Bertz CT molecular complexity index is 629. The number of hydrogen-bond acceptors (Lipinski definition) is 0. The Morgan fingerprint density at radius 2 is 0.905 bits per heavy atom. The van der Waals surface area contributed by atoms with Crippen LogP contribution in [0.4, 0.5) is 0 Å². The van der Waals surface area contributed by atoms with Gasteiger partial charge >= 0.3 is 0 Å². The van der Waals surface area contributed by atoms with E-state index in [0.29, 0.717) is 0 Å². The minimum absolute atomic E-state index is 0. The molecule has 0 fully saturated rings. The molecule has 0 aliphatic rings. The van der Waals surface area contributed by atoms with Crippen molar-refractivity contribution in [3.8, 4) is 0 Å². The van der Waals surface area contributed by atoms with Crippen LogP contribution in [0.2, 0.25) is 0 Å². The van der Waals surface area contributed by atoms with Gasteiger partial charge < -0.3 is 0 Å². The van der Waals surface area contributed by atoms with Crippen LogP contribution in [-0.2, 0) is 0 Å². The van der Waals surface area contributed by atoms with Crippen molar-refractivity contribution in [2.24, 2.45) is 0 Å². The standard InChI is InChI=1S/C18H14BrP.H2S/c19-15-11-13-18(14-12-15)20(16-7-3-1-4-8-16)17-9-5-2-6-10-17;/h1-14H;1H2. The largest absolute Gasteiger partial charge is 0.197 e. The van der Waals surface area contributed by atoms with Gasteiger partial charge in [0.1, 0.15) is 0 Å². The van der Waals surface area contributed by atoms with Gasteiger partial charge in [-0.15, -0.1) is 0 Å². The van der Waals surface area contributed by atoms with E-state index in [2.05, 4.69) is 101 Å². The average molecular weight is 375 g/mol. The van der Waals surface area contributed by atoms with Gasteiger partial charge in [0.05, 0.1) is 0 Å². The molecule has 106 valence electrons. The van der Waals surface area contributed by atoms with E-state index in [4.69, 9.17) is 0 Å². The molecule has 0 bridgehead atoms. The van der Waals surface area contributed by atoms with Crippen LogP contribution in [0.25, 0.3) is 0 Å². The van der Waals surface area contributed by atoms with Crippen molar-refractivity contribution >= 4 is 53.3 Å². The highest BCUT2D eigenvalue weighted by atomic mass is 79.9. The number of rotatable bonds is 3. The summed E-state index contributed by atoms with van der Waals surface area (Å²) in [6, 6.07) is 30.2. The first kappa shape index (κ1) is 16.3. The predicted octanol–water partition coefficient (Wildman–Crippen LogP) is 4.32. The number of benzene rings is 3. The predicted molar refractivity (Wildman–Crippen MR) is 103 cm³/mol. The van der Waals surface area contributed by atoms with E-state index >= 15 is 0 Å². The quantitative estimate of drug-likeness (QED) is 0.598. The second-order valence-corrected chi connectivity index (χ2v) is 7.62. The normalized spacial score (nSPS) is 10.2. The molecule has 3 aromatic rings. The monoisotopic (exact) mass is 374 g/mol. The molecule has 0 aliphatic carbocycles. The first-order valence-corrected chi connectivity index (χ1v) is 8.64. The van der Waals surface area contributed by atoms with Crippen molar-refractivity contribution in [3.63, 3.8) is 0 Å². The van der Waals surface area contributed by atoms with Gasteiger partial charge in [-0.1, -0.05) is 88.7 Å². The Morgan fingerprint density at radius 3 is 1.33 bits per heavy atom. The molecule has 0 heterocycles. The van der Waals surface area contributed by atoms with Crippen LogP contribution in [0.5, 0.6) is 0 Å². The molecule has 0 spiro atoms. The summed E-state index contributed by atoms with van der Waals surface area (Å²) in [5.74, 6) is 0. The van der Waals surface area contributed by atoms with Crippen molar-refractivity contribution < 1.29 is 0 Å². The van der Waals surface area contributed by atoms with Crippen molar-refractivity contribution in [1.29, 1.82) is 0 Å². The Balaban J connectivity index is 0.00000161. The first-order valence-electron chi connectivity index (χ1n) is 6.50. The molecule has 0 aromatic heterocycles. The highest BCUT2D eigenvalue weighted by Gasteiger charge is 2.15. The van der Waals surface area contributed by atoms with Crippen LogP contribution in [0.3, 0.4) is 0 Å². The van der Waals surface area contributed by atoms with Crippen LogP contribution < -0.4 is 15.9 Å². The smallest absolute Gasteiger partial charge is 0.0175 e. The van der Waals surface area contributed by atoms with Gasteiger partial charge in [-0.2, -0.15) is 13.5 Å². The summed E-state index contributed by atoms with van der Waals surface area (Å²) in [5, 5.41) is 4.15. The average Bonchev–Trinajstić information content (AvgIpc) is 2.52. The molecular weight excluding hydrogens is 359 g/mol. The summed E-state index contributed by atoms with van der Waals surface area (Å²) < 4.78 is 1.12. The fourth-order valence-corrected chi connectivity index (χ4v) is 4.74. The molecule has 3 heteroatoms. The minimum atomic E-state index is -0.479. The number of hydrogen-bond donors (Lipinski definition) is 0. The molecule has 0 amide bonds. The fraction of sp³-hybridized carbons (Fsp3) is 0. The van der Waals surface area contributed by atoms with E-state index in [1.54, 1.807) is 0 Å². The summed E-state index contributed by atoms with van der Waals surface area (Å²) in [4.78, 5) is 0. The molecule has 3 aromatic carbocycles. The second-order valence-electron chi connectivity index (χ2n) is 4.48. The summed E-state index contributed by atoms with van der Waals surface area (Å²) in [6.07, 6.45) is 0. The Hall–Kier alpha value is -1.08. The van der Waals surface area contributed by atoms with E-state index in [1.807, 2.05) is 0 Å². The zero-order valence-electron chi connectivity index (χ0n) is 11.4. The van der Waals surface area contributed by atoms with E-state index in [0.717, 1.165) is 4.47 Å². The lowest BCUT2D eigenvalue weighted by molar-refractivity contribution is 1.69. The van der Waals surface area contributed by atoms with Gasteiger partial charge in [0.25, 0.3) is 0 Å². The minimum Gasteiger partial charge on any atom is -0.197 e. The number of halogens is 1. The van der Waals surface area contributed by atoms with E-state index < -0.39 is 7.92 Å². The molecule has 0 saturated carbocycles. The topological polar surface area (TPSA) is 0 Å². The lowest BCUT2D eigenvalue weighted by Crippen LogP contribution is -2.20. The molecule has 21 heavy (non-hydrogen) atoms. The molecule has 3 rings (SSSR count). The first-order chi connectivity index (χ1) is 9.84. The third-order valence-corrected chi connectivity index (χ3v) is 6.09. The molecule has 0 radical (unpaired) electrons.